The van der Waals surface area contributed by atoms with Crippen LogP contribution in [-0.4, -0.2) is 95.9 Å². The van der Waals surface area contributed by atoms with E-state index in [-0.39, 0.29) is 19.3 Å². The molecule has 0 aliphatic rings. The summed E-state index contributed by atoms with van der Waals surface area (Å²) in [5.41, 5.74) is 0. The average Bonchev–Trinajstić information content (AvgIpc) is 0.896. The van der Waals surface area contributed by atoms with Gasteiger partial charge in [0.1, 0.15) is 25.4 Å². The van der Waals surface area contributed by atoms with E-state index in [0.717, 1.165) is 128 Å². The molecule has 0 aromatic rings. The maximum Gasteiger partial charge on any atom is 0.472 e. The highest BCUT2D eigenvalue weighted by Crippen LogP contribution is 2.45. The van der Waals surface area contributed by atoms with Gasteiger partial charge < -0.3 is 34.2 Å². The lowest BCUT2D eigenvalue weighted by molar-refractivity contribution is -0.161. The van der Waals surface area contributed by atoms with Gasteiger partial charge in [-0.25, -0.2) is 9.13 Å². The van der Waals surface area contributed by atoms with Gasteiger partial charge in [0, 0.05) is 19.3 Å². The summed E-state index contributed by atoms with van der Waals surface area (Å²) in [6.07, 6.45) is 135. The number of hydrogen-bond acceptors (Lipinski definition) is 14. The molecule has 0 saturated heterocycles. The van der Waals surface area contributed by atoms with E-state index in [1.165, 1.54) is 308 Å². The van der Waals surface area contributed by atoms with Gasteiger partial charge in [-0.1, -0.05) is 468 Å². The monoisotopic (exact) mass is 1880 g/mol. The predicted octanol–water partition coefficient (Wildman–Crippen LogP) is 34.6. The van der Waals surface area contributed by atoms with Crippen LogP contribution < -0.4 is 0 Å². The Morgan fingerprint density at radius 1 is 0.214 bits per heavy atom. The number of unbranched alkanes of at least 4 members (excludes halogenated alkanes) is 56. The number of carbonyl (C=O) groups is 3. The third-order valence-electron chi connectivity index (χ3n) is 23.5. The van der Waals surface area contributed by atoms with Gasteiger partial charge in [0.2, 0.25) is 0 Å². The van der Waals surface area contributed by atoms with Gasteiger partial charge in [-0.2, -0.15) is 0 Å². The minimum Gasteiger partial charge on any atom is -0.463 e. The molecule has 0 radical (unpaired) electrons. The number of carbonyl (C=O) groups excluding carboxylic acids is 3. The third-order valence-corrected chi connectivity index (χ3v) is 25.4. The summed E-state index contributed by atoms with van der Waals surface area (Å²) in [5.74, 6) is -1.55. The average molecular weight is 1880 g/mol. The lowest BCUT2D eigenvalue weighted by Crippen LogP contribution is -2.30. The normalized spacial score (nSPS) is 14.2. The minimum atomic E-state index is -4.95. The van der Waals surface area contributed by atoms with E-state index in [0.29, 0.717) is 19.3 Å². The Kier molecular flexibility index (Phi) is 101. The summed E-state index contributed by atoms with van der Waals surface area (Å²) in [7, 11) is -9.82. The van der Waals surface area contributed by atoms with Crippen LogP contribution in [0.3, 0.4) is 0 Å². The summed E-state index contributed by atoms with van der Waals surface area (Å²) < 4.78 is 61.8. The Morgan fingerprint density at radius 3 is 0.603 bits per heavy atom. The zero-order valence-electron chi connectivity index (χ0n) is 84.2. The van der Waals surface area contributed by atoms with Gasteiger partial charge in [0.05, 0.1) is 26.4 Å². The number of allylic oxidation sites excluding steroid dienone is 24. The number of hydrogen-bond donors (Lipinski definition) is 4. The van der Waals surface area contributed by atoms with Crippen molar-refractivity contribution < 1.29 is 75.8 Å². The van der Waals surface area contributed by atoms with Crippen LogP contribution in [0.2, 0.25) is 0 Å². The van der Waals surface area contributed by atoms with Crippen LogP contribution in [0.15, 0.2) is 146 Å². The molecule has 4 N–H and O–H groups in total. The number of ether oxygens (including phenoxy) is 3. The molecule has 0 spiro atoms. The van der Waals surface area contributed by atoms with Crippen LogP contribution in [0.5, 0.6) is 0 Å². The van der Waals surface area contributed by atoms with Crippen LogP contribution in [0, 0.1) is 0 Å². The van der Waals surface area contributed by atoms with E-state index >= 15 is 0 Å². The minimum absolute atomic E-state index is 0.102. The predicted molar refractivity (Wildman–Crippen MR) is 556 cm³/mol. The highest BCUT2D eigenvalue weighted by Gasteiger charge is 2.30. The highest BCUT2D eigenvalue weighted by atomic mass is 31.2. The number of esters is 3. The van der Waals surface area contributed by atoms with Crippen molar-refractivity contribution in [2.24, 2.45) is 0 Å². The largest absolute Gasteiger partial charge is 0.472 e. The van der Waals surface area contributed by atoms with E-state index in [2.05, 4.69) is 167 Å². The molecular weight excluding hydrogens is 1680 g/mol. The second-order valence-corrected chi connectivity index (χ2v) is 39.3. The second-order valence-electron chi connectivity index (χ2n) is 36.4. The molecule has 0 aliphatic heterocycles. The summed E-state index contributed by atoms with van der Waals surface area (Å²) in [4.78, 5) is 59.3. The van der Waals surface area contributed by atoms with E-state index in [1.54, 1.807) is 0 Å². The Morgan fingerprint density at radius 2 is 0.382 bits per heavy atom. The van der Waals surface area contributed by atoms with Gasteiger partial charge in [-0.15, -0.1) is 0 Å². The van der Waals surface area contributed by atoms with Gasteiger partial charge in [-0.3, -0.25) is 32.5 Å². The first-order valence-corrected chi connectivity index (χ1v) is 57.1. The topological polar surface area (TPSA) is 231 Å². The summed E-state index contributed by atoms with van der Waals surface area (Å²) >= 11 is 0. The molecule has 0 aromatic heterocycles. The van der Waals surface area contributed by atoms with Crippen molar-refractivity contribution in [3.05, 3.63) is 146 Å². The number of phosphoric ester groups is 2. The molecule has 18 heteroatoms. The van der Waals surface area contributed by atoms with Crippen molar-refractivity contribution in [2.75, 3.05) is 39.6 Å². The first-order valence-electron chi connectivity index (χ1n) is 54.1. The van der Waals surface area contributed by atoms with Gasteiger partial charge in [-0.05, 0) is 154 Å². The molecular formula is C113H200O16P2. The molecule has 5 atom stereocenters. The van der Waals surface area contributed by atoms with Gasteiger partial charge in [0.25, 0.3) is 0 Å². The third kappa shape index (κ3) is 106. The van der Waals surface area contributed by atoms with Crippen LogP contribution in [-0.2, 0) is 55.8 Å². The lowest BCUT2D eigenvalue weighted by Gasteiger charge is -2.21. The molecule has 0 bridgehead atoms. The molecule has 0 fully saturated rings. The standard InChI is InChI=1S/C113H200O16P2/c1-4-7-10-13-16-19-22-25-28-31-34-37-40-43-46-49-51-52-53-54-56-59-60-63-66-69-72-75-78-81-84-87-90-93-96-99-111(116)123-102-108(114)103-125-130(119,120)126-104-109(115)105-127-131(121,122)128-107-110(129-113(118)101-98-95-92-89-86-83-80-77-74-71-68-65-62-57-48-45-42-39-36-33-30-27-24-21-18-15-12-9-6-3)106-124-112(117)100-97-94-91-88-85-82-79-76-73-70-67-64-61-58-55-50-47-44-41-38-35-32-29-26-23-20-17-14-11-8-5-2/h16-21,25-30,34-39,43-48,108-110,114-115H,4-15,22-24,31-33,40-42,49-107H2,1-3H3,(H,119,120)(H,121,122)/b19-16-,20-17-,21-18-,28-25-,29-26-,30-27-,37-34-,38-35-,39-36-,46-43-,47-44-,48-45-. The molecule has 5 unspecified atom stereocenters. The van der Waals surface area contributed by atoms with E-state index in [9.17, 15) is 43.5 Å². The first kappa shape index (κ1) is 126. The molecule has 0 amide bonds. The quantitative estimate of drug-likeness (QED) is 0.0146. The van der Waals surface area contributed by atoms with E-state index in [1.807, 2.05) is 0 Å². The number of aliphatic hydroxyl groups excluding tert-OH is 2. The van der Waals surface area contributed by atoms with Crippen LogP contribution in [0.1, 0.15) is 496 Å². The van der Waals surface area contributed by atoms with Gasteiger partial charge in [0.15, 0.2) is 6.10 Å². The van der Waals surface area contributed by atoms with Crippen molar-refractivity contribution in [1.29, 1.82) is 0 Å². The fraction of sp³-hybridized carbons (Fsp3) is 0.761. The number of phosphoric acid groups is 2. The van der Waals surface area contributed by atoms with Crippen molar-refractivity contribution in [3.8, 4) is 0 Å². The Bertz CT molecular complexity index is 2960. The molecule has 0 heterocycles. The van der Waals surface area contributed by atoms with Crippen molar-refractivity contribution in [1.82, 2.24) is 0 Å². The zero-order chi connectivity index (χ0) is 95.0. The lowest BCUT2D eigenvalue weighted by atomic mass is 10.0. The fourth-order valence-corrected chi connectivity index (χ4v) is 16.9. The summed E-state index contributed by atoms with van der Waals surface area (Å²) in [6.45, 7) is 2.70. The molecule has 131 heavy (non-hydrogen) atoms. The van der Waals surface area contributed by atoms with E-state index in [4.69, 9.17) is 32.3 Å². The molecule has 758 valence electrons. The Hall–Kier alpha value is -4.57. The Balaban J connectivity index is 4.57. The van der Waals surface area contributed by atoms with Crippen molar-refractivity contribution in [3.63, 3.8) is 0 Å². The molecule has 0 aromatic carbocycles. The molecule has 0 aliphatic carbocycles. The van der Waals surface area contributed by atoms with Gasteiger partial charge >= 0.3 is 33.6 Å². The number of rotatable bonds is 103. The van der Waals surface area contributed by atoms with Crippen molar-refractivity contribution in [2.45, 2.75) is 514 Å². The van der Waals surface area contributed by atoms with Crippen molar-refractivity contribution >= 4 is 33.6 Å². The van der Waals surface area contributed by atoms with Crippen LogP contribution >= 0.6 is 15.6 Å². The second kappa shape index (κ2) is 104. The molecule has 0 saturated carbocycles. The summed E-state index contributed by atoms with van der Waals surface area (Å²) in [6, 6.07) is 0. The molecule has 0 rings (SSSR count). The first-order chi connectivity index (χ1) is 64.2. The SMILES string of the molecule is CCCCC/C=C\C/C=C\C/C=C\C/C=C\CCCCCCCCCCCCCCCCCCCCCC(=O)OCC(O)COP(=O)(O)OCC(O)COP(=O)(O)OCC(COC(=O)CCCCCCCCCCCCCCCCC/C=C\C/C=C\C/C=C\C/C=C\CCCCC)OC(=O)CCCCCCCCCCCCCCC/C=C\C/C=C\C/C=C\C/C=C\CCCCC. The smallest absolute Gasteiger partial charge is 0.463 e. The highest BCUT2D eigenvalue weighted by molar-refractivity contribution is 7.47. The van der Waals surface area contributed by atoms with E-state index < -0.39 is 91.5 Å². The Labute approximate surface area is 804 Å². The number of aliphatic hydroxyl groups is 2. The maximum absolute atomic E-state index is 13.1. The maximum atomic E-state index is 13.1. The summed E-state index contributed by atoms with van der Waals surface area (Å²) in [5, 5.41) is 20.8. The van der Waals surface area contributed by atoms with Crippen LogP contribution in [0.4, 0.5) is 0 Å². The fourth-order valence-electron chi connectivity index (χ4n) is 15.3. The zero-order valence-corrected chi connectivity index (χ0v) is 86.0. The molecule has 16 nitrogen and oxygen atoms in total. The van der Waals surface area contributed by atoms with Crippen LogP contribution in [0.25, 0.3) is 0 Å².